The molecule has 2 aliphatic rings. The van der Waals surface area contributed by atoms with Gasteiger partial charge in [-0.3, -0.25) is 0 Å². The summed E-state index contributed by atoms with van der Waals surface area (Å²) < 4.78 is 0. The Hall–Kier alpha value is -1.97. The zero-order valence-electron chi connectivity index (χ0n) is 8.22. The third-order valence-electron chi connectivity index (χ3n) is 2.71. The van der Waals surface area contributed by atoms with Crippen LogP contribution >= 0.6 is 0 Å². The molecule has 78 valence electrons. The highest BCUT2D eigenvalue weighted by Crippen LogP contribution is 2.31. The highest BCUT2D eigenvalue weighted by molar-refractivity contribution is 6.00. The molecule has 1 unspecified atom stereocenters. The molecule has 0 amide bonds. The van der Waals surface area contributed by atoms with Crippen molar-refractivity contribution in [2.45, 2.75) is 6.42 Å². The van der Waals surface area contributed by atoms with Gasteiger partial charge in [-0.1, -0.05) is 29.5 Å². The highest BCUT2D eigenvalue weighted by atomic mass is 16.4. The van der Waals surface area contributed by atoms with Gasteiger partial charge >= 0.3 is 0 Å². The van der Waals surface area contributed by atoms with Gasteiger partial charge < -0.3 is 16.7 Å². The highest BCUT2D eigenvalue weighted by Gasteiger charge is 2.23. The van der Waals surface area contributed by atoms with Gasteiger partial charge in [-0.05, 0) is 18.1 Å². The van der Waals surface area contributed by atoms with Gasteiger partial charge in [-0.25, -0.2) is 0 Å². The van der Waals surface area contributed by atoms with Crippen LogP contribution < -0.4 is 11.5 Å². The standard InChI is InChI=1S/C11H13N3O/c12-10-8-4-2-1-3-7(8)5-6-9(10)11(13)14-15/h1-3,5-6,8,15H,4,12H2,(H2,13,14). The summed E-state index contributed by atoms with van der Waals surface area (Å²) in [6.45, 7) is 0. The summed E-state index contributed by atoms with van der Waals surface area (Å²) in [5.41, 5.74) is 14.0. The smallest absolute Gasteiger partial charge is 0.171 e. The third-order valence-corrected chi connectivity index (χ3v) is 2.71. The molecular weight excluding hydrogens is 190 g/mol. The molecular formula is C11H13N3O. The lowest BCUT2D eigenvalue weighted by Crippen LogP contribution is -2.26. The van der Waals surface area contributed by atoms with E-state index in [0.29, 0.717) is 11.3 Å². The van der Waals surface area contributed by atoms with Crippen LogP contribution in [-0.4, -0.2) is 11.0 Å². The largest absolute Gasteiger partial charge is 0.409 e. The van der Waals surface area contributed by atoms with Crippen LogP contribution in [0.1, 0.15) is 6.42 Å². The average molecular weight is 203 g/mol. The molecule has 15 heavy (non-hydrogen) atoms. The Bertz CT molecular complexity index is 427. The lowest BCUT2D eigenvalue weighted by atomic mass is 9.83. The first-order valence-electron chi connectivity index (χ1n) is 4.76. The van der Waals surface area contributed by atoms with E-state index in [9.17, 15) is 0 Å². The van der Waals surface area contributed by atoms with E-state index >= 15 is 0 Å². The third kappa shape index (κ3) is 1.54. The molecule has 0 saturated carbocycles. The minimum atomic E-state index is 0.0670. The van der Waals surface area contributed by atoms with Crippen LogP contribution in [0.4, 0.5) is 0 Å². The Morgan fingerprint density at radius 3 is 3.00 bits per heavy atom. The molecule has 1 atom stereocenters. The van der Waals surface area contributed by atoms with Crippen molar-refractivity contribution >= 4 is 5.84 Å². The zero-order chi connectivity index (χ0) is 10.8. The number of nitrogens with zero attached hydrogens (tertiary/aromatic N) is 1. The molecule has 0 bridgehead atoms. The average Bonchev–Trinajstić information content (AvgIpc) is 2.29. The van der Waals surface area contributed by atoms with E-state index in [1.165, 1.54) is 5.57 Å². The maximum atomic E-state index is 8.61. The van der Waals surface area contributed by atoms with E-state index in [1.807, 2.05) is 18.2 Å². The SMILES string of the molecule is NC1=C(/C(N)=N/O)C=CC2=CC=CCC21. The molecule has 2 rings (SSSR count). The summed E-state index contributed by atoms with van der Waals surface area (Å²) in [5, 5.41) is 11.6. The first kappa shape index (κ1) is 9.58. The minimum absolute atomic E-state index is 0.0670. The number of hydrogen-bond donors (Lipinski definition) is 3. The van der Waals surface area contributed by atoms with Gasteiger partial charge in [0.15, 0.2) is 5.84 Å². The fraction of sp³-hybridized carbons (Fsp3) is 0.182. The molecule has 4 heteroatoms. The molecule has 0 saturated heterocycles. The van der Waals surface area contributed by atoms with Crippen molar-refractivity contribution in [2.24, 2.45) is 22.5 Å². The van der Waals surface area contributed by atoms with Crippen molar-refractivity contribution in [1.82, 2.24) is 0 Å². The Labute approximate surface area is 87.9 Å². The normalized spacial score (nSPS) is 25.2. The van der Waals surface area contributed by atoms with E-state index < -0.39 is 0 Å². The number of fused-ring (bicyclic) bond motifs is 1. The maximum absolute atomic E-state index is 8.61. The van der Waals surface area contributed by atoms with Crippen LogP contribution in [0.5, 0.6) is 0 Å². The summed E-state index contributed by atoms with van der Waals surface area (Å²) in [6, 6.07) is 0. The van der Waals surface area contributed by atoms with Crippen LogP contribution in [-0.2, 0) is 0 Å². The first-order chi connectivity index (χ1) is 7.24. The van der Waals surface area contributed by atoms with Crippen molar-refractivity contribution in [1.29, 1.82) is 0 Å². The van der Waals surface area contributed by atoms with E-state index in [2.05, 4.69) is 11.2 Å². The first-order valence-corrected chi connectivity index (χ1v) is 4.76. The summed E-state index contributed by atoms with van der Waals surface area (Å²) in [7, 11) is 0. The second kappa shape index (κ2) is 3.65. The zero-order valence-corrected chi connectivity index (χ0v) is 8.22. The molecule has 0 heterocycles. The van der Waals surface area contributed by atoms with Gasteiger partial charge in [0, 0.05) is 17.2 Å². The van der Waals surface area contributed by atoms with E-state index in [4.69, 9.17) is 16.7 Å². The molecule has 0 aromatic heterocycles. The number of allylic oxidation sites excluding steroid dienone is 5. The van der Waals surface area contributed by atoms with Gasteiger partial charge in [0.2, 0.25) is 0 Å². The number of oxime groups is 1. The maximum Gasteiger partial charge on any atom is 0.171 e. The Morgan fingerprint density at radius 2 is 2.27 bits per heavy atom. The molecule has 2 aliphatic carbocycles. The molecule has 0 radical (unpaired) electrons. The van der Waals surface area contributed by atoms with Crippen molar-refractivity contribution in [2.75, 3.05) is 0 Å². The van der Waals surface area contributed by atoms with E-state index in [0.717, 1.165) is 6.42 Å². The van der Waals surface area contributed by atoms with Crippen LogP contribution in [0.15, 0.2) is 52.4 Å². The van der Waals surface area contributed by atoms with E-state index in [-0.39, 0.29) is 11.8 Å². The van der Waals surface area contributed by atoms with Gasteiger partial charge in [0.25, 0.3) is 0 Å². The van der Waals surface area contributed by atoms with Gasteiger partial charge in [0.1, 0.15) is 0 Å². The molecule has 0 aliphatic heterocycles. The molecule has 5 N–H and O–H groups in total. The lowest BCUT2D eigenvalue weighted by molar-refractivity contribution is 0.318. The van der Waals surface area contributed by atoms with Crippen molar-refractivity contribution in [3.63, 3.8) is 0 Å². The number of rotatable bonds is 1. The quantitative estimate of drug-likeness (QED) is 0.257. The molecule has 0 aromatic rings. The predicted octanol–water partition coefficient (Wildman–Crippen LogP) is 1.02. The van der Waals surface area contributed by atoms with E-state index in [1.54, 1.807) is 6.08 Å². The van der Waals surface area contributed by atoms with Crippen LogP contribution in [0.25, 0.3) is 0 Å². The Morgan fingerprint density at radius 1 is 1.47 bits per heavy atom. The fourth-order valence-electron chi connectivity index (χ4n) is 1.87. The second-order valence-electron chi connectivity index (χ2n) is 3.57. The summed E-state index contributed by atoms with van der Waals surface area (Å²) >= 11 is 0. The number of hydrogen-bond acceptors (Lipinski definition) is 3. The van der Waals surface area contributed by atoms with Gasteiger partial charge in [-0.2, -0.15) is 0 Å². The number of amidine groups is 1. The summed E-state index contributed by atoms with van der Waals surface area (Å²) in [5.74, 6) is 0.229. The lowest BCUT2D eigenvalue weighted by Gasteiger charge is -2.25. The topological polar surface area (TPSA) is 84.6 Å². The number of nitrogens with two attached hydrogens (primary N) is 2. The Balaban J connectivity index is 2.41. The predicted molar refractivity (Wildman–Crippen MR) is 59.1 cm³/mol. The van der Waals surface area contributed by atoms with Crippen LogP contribution in [0.2, 0.25) is 0 Å². The molecule has 4 nitrogen and oxygen atoms in total. The fourth-order valence-corrected chi connectivity index (χ4v) is 1.87. The van der Waals surface area contributed by atoms with Crippen molar-refractivity contribution < 1.29 is 5.21 Å². The summed E-state index contributed by atoms with van der Waals surface area (Å²) in [6.07, 6.45) is 10.7. The minimum Gasteiger partial charge on any atom is -0.409 e. The van der Waals surface area contributed by atoms with Crippen LogP contribution in [0.3, 0.4) is 0 Å². The molecule has 0 fully saturated rings. The second-order valence-corrected chi connectivity index (χ2v) is 3.57. The molecule has 0 aromatic carbocycles. The van der Waals surface area contributed by atoms with Crippen molar-refractivity contribution in [3.8, 4) is 0 Å². The molecule has 0 spiro atoms. The van der Waals surface area contributed by atoms with Crippen molar-refractivity contribution in [3.05, 3.63) is 47.2 Å². The Kier molecular flexibility index (Phi) is 2.33. The van der Waals surface area contributed by atoms with Crippen LogP contribution in [0, 0.1) is 5.92 Å². The van der Waals surface area contributed by atoms with Gasteiger partial charge in [0.05, 0.1) is 0 Å². The van der Waals surface area contributed by atoms with Gasteiger partial charge in [-0.15, -0.1) is 0 Å². The summed E-state index contributed by atoms with van der Waals surface area (Å²) in [4.78, 5) is 0. The monoisotopic (exact) mass is 203 g/mol.